The number of ether oxygens (including phenoxy) is 1. The number of nitrogens with zero attached hydrogens (tertiary/aromatic N) is 2. The Labute approximate surface area is 205 Å². The Morgan fingerprint density at radius 3 is 2.31 bits per heavy atom. The zero-order valence-electron chi connectivity index (χ0n) is 20.2. The molecule has 0 N–H and O–H groups in total. The molecule has 0 spiro atoms. The highest BCUT2D eigenvalue weighted by Gasteiger charge is 2.14. The lowest BCUT2D eigenvalue weighted by atomic mass is 9.87. The van der Waals surface area contributed by atoms with Crippen molar-refractivity contribution in [2.24, 2.45) is 4.99 Å². The Balaban J connectivity index is 1.27. The lowest BCUT2D eigenvalue weighted by Crippen LogP contribution is -2.10. The molecule has 174 valence electrons. The molecule has 0 bridgehead atoms. The van der Waals surface area contributed by atoms with E-state index in [4.69, 9.17) is 14.1 Å². The maximum absolute atomic E-state index is 5.99. The Morgan fingerprint density at radius 1 is 0.857 bits per heavy atom. The van der Waals surface area contributed by atoms with Gasteiger partial charge in [-0.15, -0.1) is 0 Å². The van der Waals surface area contributed by atoms with E-state index in [-0.39, 0.29) is 5.41 Å². The van der Waals surface area contributed by atoms with Gasteiger partial charge in [-0.05, 0) is 76.7 Å². The van der Waals surface area contributed by atoms with Crippen molar-refractivity contribution in [2.75, 3.05) is 0 Å². The molecule has 4 heteroatoms. The quantitative estimate of drug-likeness (QED) is 0.240. The fourth-order valence-corrected chi connectivity index (χ4v) is 3.77. The molecule has 35 heavy (non-hydrogen) atoms. The van der Waals surface area contributed by atoms with Gasteiger partial charge in [0, 0.05) is 11.8 Å². The number of oxazole rings is 1. The average molecular weight is 461 g/mol. The van der Waals surface area contributed by atoms with E-state index in [0.717, 1.165) is 39.2 Å². The highest BCUT2D eigenvalue weighted by molar-refractivity contribution is 5.85. The molecule has 0 radical (unpaired) electrons. The number of fused-ring (bicyclic) bond motifs is 1. The number of aromatic nitrogens is 1. The van der Waals surface area contributed by atoms with Crippen molar-refractivity contribution in [2.45, 2.75) is 32.8 Å². The minimum absolute atomic E-state index is 0.113. The minimum Gasteiger partial charge on any atom is -0.489 e. The molecule has 1 heterocycles. The summed E-state index contributed by atoms with van der Waals surface area (Å²) in [6.45, 7) is 7.17. The number of benzene rings is 4. The summed E-state index contributed by atoms with van der Waals surface area (Å²) in [5, 5.41) is 0. The molecule has 0 saturated heterocycles. The van der Waals surface area contributed by atoms with Crippen molar-refractivity contribution < 1.29 is 9.15 Å². The molecule has 5 aromatic rings. The number of aliphatic imine (C=N–C) groups is 1. The molecule has 0 saturated carbocycles. The fourth-order valence-electron chi connectivity index (χ4n) is 3.77. The molecule has 0 aliphatic rings. The van der Waals surface area contributed by atoms with Crippen molar-refractivity contribution in [1.82, 2.24) is 4.98 Å². The van der Waals surface area contributed by atoms with Crippen LogP contribution >= 0.6 is 0 Å². The molecular formula is C31H28N2O2. The summed E-state index contributed by atoms with van der Waals surface area (Å²) in [5.74, 6) is 1.45. The largest absolute Gasteiger partial charge is 0.489 e. The number of hydrogen-bond donors (Lipinski definition) is 0. The monoisotopic (exact) mass is 460 g/mol. The first kappa shape index (κ1) is 22.6. The molecule has 0 aliphatic carbocycles. The SMILES string of the molecule is CC(C)(C)c1ccc(-c2nc3cc(N=Cc4ccc(OCc5ccccc5)cc4)ccc3o2)cc1. The van der Waals surface area contributed by atoms with Crippen LogP contribution in [0.25, 0.3) is 22.6 Å². The molecule has 0 fully saturated rings. The van der Waals surface area contributed by atoms with E-state index in [2.05, 4.69) is 62.2 Å². The van der Waals surface area contributed by atoms with Gasteiger partial charge in [0.15, 0.2) is 5.58 Å². The normalized spacial score (nSPS) is 11.9. The van der Waals surface area contributed by atoms with Crippen LogP contribution in [0.3, 0.4) is 0 Å². The van der Waals surface area contributed by atoms with Gasteiger partial charge in [-0.2, -0.15) is 0 Å². The molecule has 1 aromatic heterocycles. The summed E-state index contributed by atoms with van der Waals surface area (Å²) >= 11 is 0. The van der Waals surface area contributed by atoms with Crippen LogP contribution in [-0.2, 0) is 12.0 Å². The Hall–Kier alpha value is -4.18. The van der Waals surface area contributed by atoms with Gasteiger partial charge in [0.1, 0.15) is 17.9 Å². The van der Waals surface area contributed by atoms with E-state index in [1.807, 2.05) is 66.9 Å². The summed E-state index contributed by atoms with van der Waals surface area (Å²) in [4.78, 5) is 9.31. The van der Waals surface area contributed by atoms with Crippen molar-refractivity contribution >= 4 is 23.0 Å². The predicted molar refractivity (Wildman–Crippen MR) is 143 cm³/mol. The van der Waals surface area contributed by atoms with Gasteiger partial charge in [0.2, 0.25) is 5.89 Å². The molecular weight excluding hydrogens is 432 g/mol. The first-order valence-electron chi connectivity index (χ1n) is 11.8. The van der Waals surface area contributed by atoms with E-state index in [0.29, 0.717) is 12.5 Å². The maximum atomic E-state index is 5.99. The summed E-state index contributed by atoms with van der Waals surface area (Å²) in [6.07, 6.45) is 1.84. The Kier molecular flexibility index (Phi) is 6.19. The third-order valence-electron chi connectivity index (χ3n) is 5.86. The lowest BCUT2D eigenvalue weighted by Gasteiger charge is -2.18. The maximum Gasteiger partial charge on any atom is 0.227 e. The molecule has 5 rings (SSSR count). The smallest absolute Gasteiger partial charge is 0.227 e. The average Bonchev–Trinajstić information content (AvgIpc) is 3.31. The lowest BCUT2D eigenvalue weighted by molar-refractivity contribution is 0.306. The standard InChI is InChI=1S/C31H28N2O2/c1-31(2,3)25-13-11-24(12-14-25)30-33-28-19-26(15-18-29(28)35-30)32-20-22-9-16-27(17-10-22)34-21-23-7-5-4-6-8-23/h4-20H,21H2,1-3H3. The van der Waals surface area contributed by atoms with Crippen LogP contribution in [0.2, 0.25) is 0 Å². The first-order chi connectivity index (χ1) is 16.9. The van der Waals surface area contributed by atoms with Crippen LogP contribution in [0.4, 0.5) is 5.69 Å². The van der Waals surface area contributed by atoms with E-state index in [1.165, 1.54) is 5.56 Å². The van der Waals surface area contributed by atoms with Gasteiger partial charge >= 0.3 is 0 Å². The molecule has 0 atom stereocenters. The van der Waals surface area contributed by atoms with E-state index < -0.39 is 0 Å². The van der Waals surface area contributed by atoms with Crippen LogP contribution in [0.15, 0.2) is 106 Å². The third kappa shape index (κ3) is 5.49. The second kappa shape index (κ2) is 9.59. The second-order valence-corrected chi connectivity index (χ2v) is 9.60. The molecule has 4 nitrogen and oxygen atoms in total. The zero-order chi connectivity index (χ0) is 24.3. The summed E-state index contributed by atoms with van der Waals surface area (Å²) in [7, 11) is 0. The van der Waals surface area contributed by atoms with Gasteiger partial charge in [-0.3, -0.25) is 4.99 Å². The molecule has 0 amide bonds. The highest BCUT2D eigenvalue weighted by Crippen LogP contribution is 2.29. The first-order valence-corrected chi connectivity index (χ1v) is 11.8. The van der Waals surface area contributed by atoms with Crippen molar-refractivity contribution in [3.8, 4) is 17.2 Å². The van der Waals surface area contributed by atoms with E-state index in [9.17, 15) is 0 Å². The van der Waals surface area contributed by atoms with E-state index >= 15 is 0 Å². The predicted octanol–water partition coefficient (Wildman–Crippen LogP) is 8.12. The summed E-state index contributed by atoms with van der Waals surface area (Å²) in [5.41, 5.74) is 6.87. The Bertz CT molecular complexity index is 1440. The fraction of sp³-hybridized carbons (Fsp3) is 0.161. The van der Waals surface area contributed by atoms with Gasteiger partial charge in [-0.1, -0.05) is 63.2 Å². The van der Waals surface area contributed by atoms with Gasteiger partial charge in [-0.25, -0.2) is 4.98 Å². The van der Waals surface area contributed by atoms with E-state index in [1.54, 1.807) is 0 Å². The van der Waals surface area contributed by atoms with Crippen LogP contribution in [-0.4, -0.2) is 11.2 Å². The van der Waals surface area contributed by atoms with Crippen molar-refractivity contribution in [3.05, 3.63) is 114 Å². The molecule has 4 aromatic carbocycles. The van der Waals surface area contributed by atoms with Crippen LogP contribution in [0.5, 0.6) is 5.75 Å². The third-order valence-corrected chi connectivity index (χ3v) is 5.86. The van der Waals surface area contributed by atoms with Crippen LogP contribution in [0, 0.1) is 0 Å². The Morgan fingerprint density at radius 2 is 1.60 bits per heavy atom. The second-order valence-electron chi connectivity index (χ2n) is 9.60. The molecule has 0 aliphatic heterocycles. The highest BCUT2D eigenvalue weighted by atomic mass is 16.5. The van der Waals surface area contributed by atoms with Gasteiger partial charge in [0.25, 0.3) is 0 Å². The number of rotatable bonds is 6. The van der Waals surface area contributed by atoms with Crippen LogP contribution in [0.1, 0.15) is 37.5 Å². The van der Waals surface area contributed by atoms with Crippen molar-refractivity contribution in [1.29, 1.82) is 0 Å². The number of hydrogen-bond acceptors (Lipinski definition) is 4. The summed E-state index contributed by atoms with van der Waals surface area (Å²) in [6, 6.07) is 32.3. The zero-order valence-corrected chi connectivity index (χ0v) is 20.2. The van der Waals surface area contributed by atoms with Crippen molar-refractivity contribution in [3.63, 3.8) is 0 Å². The topological polar surface area (TPSA) is 47.6 Å². The van der Waals surface area contributed by atoms with Crippen LogP contribution < -0.4 is 4.74 Å². The minimum atomic E-state index is 0.113. The van der Waals surface area contributed by atoms with Gasteiger partial charge in [0.05, 0.1) is 5.69 Å². The molecule has 0 unspecified atom stereocenters. The summed E-state index contributed by atoms with van der Waals surface area (Å²) < 4.78 is 11.8. The van der Waals surface area contributed by atoms with Gasteiger partial charge < -0.3 is 9.15 Å².